The number of piperidine rings is 1. The Morgan fingerprint density at radius 3 is 3.10 bits per heavy atom. The molecule has 0 spiro atoms. The minimum Gasteiger partial charge on any atom is -0.387 e. The lowest BCUT2D eigenvalue weighted by Crippen LogP contribution is -2.42. The number of para-hydroxylation sites is 1. The zero-order valence-electron chi connectivity index (χ0n) is 12.2. The van der Waals surface area contributed by atoms with Crippen LogP contribution in [0.5, 0.6) is 0 Å². The third-order valence-corrected chi connectivity index (χ3v) is 4.43. The normalized spacial score (nSPS) is 23.9. The Kier molecular flexibility index (Phi) is 4.32. The van der Waals surface area contributed by atoms with Crippen LogP contribution in [0.2, 0.25) is 0 Å². The van der Waals surface area contributed by atoms with Crippen LogP contribution in [0.4, 0.5) is 0 Å². The maximum absolute atomic E-state index is 10.8. The van der Waals surface area contributed by atoms with Gasteiger partial charge in [-0.1, -0.05) is 24.3 Å². The number of rotatable bonds is 4. The predicted molar refractivity (Wildman–Crippen MR) is 86.0 cm³/mol. The molecule has 1 aliphatic heterocycles. The van der Waals surface area contributed by atoms with Crippen molar-refractivity contribution >= 4 is 10.9 Å². The number of hydrogen-bond donors (Lipinski definition) is 2. The Morgan fingerprint density at radius 2 is 2.24 bits per heavy atom. The largest absolute Gasteiger partial charge is 0.387 e. The quantitative estimate of drug-likeness (QED) is 0.846. The summed E-state index contributed by atoms with van der Waals surface area (Å²) in [5, 5.41) is 15.3. The molecule has 1 unspecified atom stereocenters. The molecule has 3 rings (SSSR count). The van der Waals surface area contributed by atoms with E-state index in [-0.39, 0.29) is 6.04 Å². The molecule has 3 atom stereocenters. The Balaban J connectivity index is 1.86. The fourth-order valence-corrected chi connectivity index (χ4v) is 3.32. The summed E-state index contributed by atoms with van der Waals surface area (Å²) in [6.45, 7) is 4.79. The fraction of sp³-hybridized carbons (Fsp3) is 0.389. The van der Waals surface area contributed by atoms with E-state index in [1.54, 1.807) is 6.20 Å². The highest BCUT2D eigenvalue weighted by Gasteiger charge is 2.28. The number of aliphatic hydroxyl groups is 1. The molecular weight excluding hydrogens is 260 g/mol. The summed E-state index contributed by atoms with van der Waals surface area (Å²) in [6, 6.07) is 10.0. The topological polar surface area (TPSA) is 45.1 Å². The molecule has 2 aromatic rings. The van der Waals surface area contributed by atoms with Gasteiger partial charge in [0.15, 0.2) is 0 Å². The molecule has 1 saturated heterocycles. The standard InChI is InChI=1S/C18H22N2O/c1-2-5-13-8-10-20-17(12-13)18(21)15-9-11-19-16-7-4-3-6-14(15)16/h2-4,6-7,9,11,13,17-18,20-21H,1,5,8,10,12H2/t13?,17-,18+/m0/s1. The minimum absolute atomic E-state index is 0.106. The summed E-state index contributed by atoms with van der Waals surface area (Å²) in [6.07, 6.45) is 6.45. The molecule has 21 heavy (non-hydrogen) atoms. The molecule has 2 heterocycles. The summed E-state index contributed by atoms with van der Waals surface area (Å²) in [4.78, 5) is 4.37. The third-order valence-electron chi connectivity index (χ3n) is 4.43. The summed E-state index contributed by atoms with van der Waals surface area (Å²) in [5.41, 5.74) is 1.91. The maximum Gasteiger partial charge on any atom is 0.0950 e. The third kappa shape index (κ3) is 2.99. The molecular formula is C18H22N2O. The Hall–Kier alpha value is -1.71. The van der Waals surface area contributed by atoms with Gasteiger partial charge in [-0.25, -0.2) is 0 Å². The molecule has 0 amide bonds. The Bertz CT molecular complexity index is 620. The molecule has 2 N–H and O–H groups in total. The fourth-order valence-electron chi connectivity index (χ4n) is 3.32. The average molecular weight is 282 g/mol. The summed E-state index contributed by atoms with van der Waals surface area (Å²) >= 11 is 0. The van der Waals surface area contributed by atoms with Gasteiger partial charge in [-0.2, -0.15) is 0 Å². The molecule has 1 aromatic carbocycles. The number of benzene rings is 1. The molecule has 3 heteroatoms. The van der Waals surface area contributed by atoms with E-state index in [0.717, 1.165) is 42.3 Å². The van der Waals surface area contributed by atoms with Crippen molar-refractivity contribution < 1.29 is 5.11 Å². The monoisotopic (exact) mass is 282 g/mol. The lowest BCUT2D eigenvalue weighted by Gasteiger charge is -2.33. The second kappa shape index (κ2) is 6.37. The molecule has 110 valence electrons. The molecule has 1 fully saturated rings. The van der Waals surface area contributed by atoms with Gasteiger partial charge in [0.2, 0.25) is 0 Å². The highest BCUT2D eigenvalue weighted by atomic mass is 16.3. The van der Waals surface area contributed by atoms with Crippen LogP contribution < -0.4 is 5.32 Å². The Morgan fingerprint density at radius 1 is 1.38 bits per heavy atom. The van der Waals surface area contributed by atoms with Gasteiger partial charge in [0.05, 0.1) is 11.6 Å². The van der Waals surface area contributed by atoms with Crippen LogP contribution in [0.1, 0.15) is 30.9 Å². The molecule has 0 aliphatic carbocycles. The van der Waals surface area contributed by atoms with Crippen molar-refractivity contribution in [2.75, 3.05) is 6.54 Å². The lowest BCUT2D eigenvalue weighted by molar-refractivity contribution is 0.100. The van der Waals surface area contributed by atoms with Crippen molar-refractivity contribution in [2.24, 2.45) is 5.92 Å². The summed E-state index contributed by atoms with van der Waals surface area (Å²) < 4.78 is 0. The van der Waals surface area contributed by atoms with Crippen molar-refractivity contribution in [1.29, 1.82) is 0 Å². The summed E-state index contributed by atoms with van der Waals surface area (Å²) in [7, 11) is 0. The zero-order chi connectivity index (χ0) is 14.7. The summed E-state index contributed by atoms with van der Waals surface area (Å²) in [5.74, 6) is 0.622. The van der Waals surface area contributed by atoms with Crippen molar-refractivity contribution in [2.45, 2.75) is 31.4 Å². The van der Waals surface area contributed by atoms with E-state index in [2.05, 4.69) is 16.9 Å². The van der Waals surface area contributed by atoms with Crippen molar-refractivity contribution in [3.05, 3.63) is 54.7 Å². The number of pyridine rings is 1. The van der Waals surface area contributed by atoms with Gasteiger partial charge in [0.1, 0.15) is 0 Å². The highest BCUT2D eigenvalue weighted by molar-refractivity contribution is 5.82. The van der Waals surface area contributed by atoms with E-state index in [9.17, 15) is 5.11 Å². The first-order chi connectivity index (χ1) is 10.3. The number of aliphatic hydroxyl groups excluding tert-OH is 1. The van der Waals surface area contributed by atoms with Crippen molar-refractivity contribution in [3.8, 4) is 0 Å². The number of nitrogens with zero attached hydrogens (tertiary/aromatic N) is 1. The van der Waals surface area contributed by atoms with Crippen LogP contribution in [0, 0.1) is 5.92 Å². The number of aromatic nitrogens is 1. The van der Waals surface area contributed by atoms with Gasteiger partial charge in [-0.05, 0) is 49.4 Å². The van der Waals surface area contributed by atoms with Gasteiger partial charge in [0.25, 0.3) is 0 Å². The lowest BCUT2D eigenvalue weighted by atomic mass is 9.85. The van der Waals surface area contributed by atoms with E-state index in [1.807, 2.05) is 36.4 Å². The number of fused-ring (bicyclic) bond motifs is 1. The number of allylic oxidation sites excluding steroid dienone is 1. The van der Waals surface area contributed by atoms with E-state index < -0.39 is 6.10 Å². The van der Waals surface area contributed by atoms with E-state index in [4.69, 9.17) is 0 Å². The van der Waals surface area contributed by atoms with E-state index >= 15 is 0 Å². The predicted octanol–water partition coefficient (Wildman–Crippen LogP) is 3.21. The van der Waals surface area contributed by atoms with Gasteiger partial charge in [-0.15, -0.1) is 6.58 Å². The van der Waals surface area contributed by atoms with Crippen LogP contribution >= 0.6 is 0 Å². The second-order valence-electron chi connectivity index (χ2n) is 5.84. The van der Waals surface area contributed by atoms with Gasteiger partial charge >= 0.3 is 0 Å². The van der Waals surface area contributed by atoms with Crippen LogP contribution in [0.3, 0.4) is 0 Å². The maximum atomic E-state index is 10.8. The van der Waals surface area contributed by atoms with Crippen molar-refractivity contribution in [3.63, 3.8) is 0 Å². The average Bonchev–Trinajstić information content (AvgIpc) is 2.54. The number of hydrogen-bond acceptors (Lipinski definition) is 3. The smallest absolute Gasteiger partial charge is 0.0950 e. The van der Waals surface area contributed by atoms with Crippen LogP contribution in [0.15, 0.2) is 49.2 Å². The molecule has 0 radical (unpaired) electrons. The molecule has 0 saturated carbocycles. The van der Waals surface area contributed by atoms with E-state index in [0.29, 0.717) is 5.92 Å². The van der Waals surface area contributed by atoms with Crippen molar-refractivity contribution in [1.82, 2.24) is 10.3 Å². The molecule has 0 bridgehead atoms. The highest BCUT2D eigenvalue weighted by Crippen LogP contribution is 2.31. The van der Waals surface area contributed by atoms with Crippen LogP contribution in [0.25, 0.3) is 10.9 Å². The van der Waals surface area contributed by atoms with Gasteiger partial charge in [0, 0.05) is 17.6 Å². The van der Waals surface area contributed by atoms with Crippen LogP contribution in [-0.2, 0) is 0 Å². The first-order valence-corrected chi connectivity index (χ1v) is 7.65. The Labute approximate surface area is 125 Å². The second-order valence-corrected chi connectivity index (χ2v) is 5.84. The van der Waals surface area contributed by atoms with Gasteiger partial charge in [-0.3, -0.25) is 4.98 Å². The SMILES string of the molecule is C=CCC1CCN[C@H]([C@H](O)c2ccnc3ccccc23)C1. The first-order valence-electron chi connectivity index (χ1n) is 7.65. The molecule has 1 aliphatic rings. The molecule has 3 nitrogen and oxygen atoms in total. The number of nitrogens with one attached hydrogen (secondary N) is 1. The van der Waals surface area contributed by atoms with E-state index in [1.165, 1.54) is 0 Å². The van der Waals surface area contributed by atoms with Crippen LogP contribution in [-0.4, -0.2) is 22.7 Å². The zero-order valence-corrected chi connectivity index (χ0v) is 12.2. The van der Waals surface area contributed by atoms with Gasteiger partial charge < -0.3 is 10.4 Å². The molecule has 1 aromatic heterocycles. The minimum atomic E-state index is -0.495. The first kappa shape index (κ1) is 14.2.